The minimum Gasteiger partial charge on any atom is -0.481 e. The maximum absolute atomic E-state index is 12.1. The number of aliphatic carboxylic acids is 1. The fourth-order valence-electron chi connectivity index (χ4n) is 2.07. The van der Waals surface area contributed by atoms with E-state index in [1.165, 1.54) is 12.3 Å². The van der Waals surface area contributed by atoms with Gasteiger partial charge in [0.1, 0.15) is 5.82 Å². The van der Waals surface area contributed by atoms with E-state index in [1.54, 1.807) is 12.1 Å². The van der Waals surface area contributed by atoms with Crippen LogP contribution in [-0.4, -0.2) is 22.0 Å². The van der Waals surface area contributed by atoms with E-state index in [4.69, 9.17) is 16.7 Å². The summed E-state index contributed by atoms with van der Waals surface area (Å²) in [6, 6.07) is 3.12. The molecular weight excluding hydrogens is 268 g/mol. The zero-order valence-electron chi connectivity index (χ0n) is 10.0. The molecule has 2 N–H and O–H groups in total. The van der Waals surface area contributed by atoms with Crippen molar-refractivity contribution in [3.8, 4) is 0 Å². The van der Waals surface area contributed by atoms with Crippen LogP contribution in [-0.2, 0) is 9.59 Å². The summed E-state index contributed by atoms with van der Waals surface area (Å²) >= 11 is 5.80. The fraction of sp³-hybridized carbons (Fsp3) is 0.308. The Kier molecular flexibility index (Phi) is 4.16. The Hall–Kier alpha value is -1.88. The maximum Gasteiger partial charge on any atom is 0.307 e. The topological polar surface area (TPSA) is 79.3 Å². The molecule has 0 spiro atoms. The lowest BCUT2D eigenvalue weighted by Crippen LogP contribution is -2.34. The third-order valence-corrected chi connectivity index (χ3v) is 3.29. The monoisotopic (exact) mass is 280 g/mol. The van der Waals surface area contributed by atoms with Gasteiger partial charge in [-0.2, -0.15) is 0 Å². The molecule has 2 atom stereocenters. The Bertz CT molecular complexity index is 530. The highest BCUT2D eigenvalue weighted by atomic mass is 35.5. The molecule has 0 aromatic carbocycles. The number of nitrogens with zero attached hydrogens (tertiary/aromatic N) is 1. The number of allylic oxidation sites excluding steroid dienone is 2. The lowest BCUT2D eigenvalue weighted by molar-refractivity contribution is -0.146. The molecule has 5 nitrogen and oxygen atoms in total. The molecule has 19 heavy (non-hydrogen) atoms. The molecule has 2 rings (SSSR count). The smallest absolute Gasteiger partial charge is 0.307 e. The highest BCUT2D eigenvalue weighted by Crippen LogP contribution is 2.27. The third-order valence-electron chi connectivity index (χ3n) is 3.06. The molecule has 0 fully saturated rings. The van der Waals surface area contributed by atoms with Crippen LogP contribution in [0.4, 0.5) is 5.82 Å². The molecule has 6 heteroatoms. The van der Waals surface area contributed by atoms with Crippen molar-refractivity contribution in [1.29, 1.82) is 0 Å². The standard InChI is InChI=1S/C13H13ClN2O3/c14-8-5-6-15-11(7-8)16-12(17)9-3-1-2-4-10(9)13(18)19/h1-2,5-7,9-10H,3-4H2,(H,18,19)(H,15,16,17)/t9-,10+/m1/s1. The van der Waals surface area contributed by atoms with Crippen molar-refractivity contribution in [1.82, 2.24) is 4.98 Å². The summed E-state index contributed by atoms with van der Waals surface area (Å²) in [7, 11) is 0. The Morgan fingerprint density at radius 2 is 2.00 bits per heavy atom. The predicted molar refractivity (Wildman–Crippen MR) is 70.9 cm³/mol. The van der Waals surface area contributed by atoms with Crippen molar-refractivity contribution < 1.29 is 14.7 Å². The Labute approximate surface area is 115 Å². The summed E-state index contributed by atoms with van der Waals surface area (Å²) < 4.78 is 0. The van der Waals surface area contributed by atoms with Crippen molar-refractivity contribution >= 4 is 29.3 Å². The summed E-state index contributed by atoms with van der Waals surface area (Å²) in [6.07, 6.45) is 5.89. The van der Waals surface area contributed by atoms with Crippen LogP contribution in [0.2, 0.25) is 5.02 Å². The molecule has 0 aliphatic heterocycles. The summed E-state index contributed by atoms with van der Waals surface area (Å²) in [4.78, 5) is 27.2. The third kappa shape index (κ3) is 3.32. The molecule has 0 bridgehead atoms. The molecule has 1 heterocycles. The SMILES string of the molecule is O=C(O)[C@H]1CC=CC[C@H]1C(=O)Nc1cc(Cl)ccn1. The first-order valence-corrected chi connectivity index (χ1v) is 6.26. The van der Waals surface area contributed by atoms with E-state index in [-0.39, 0.29) is 5.91 Å². The number of carboxylic acids is 1. The number of aromatic nitrogens is 1. The van der Waals surface area contributed by atoms with E-state index in [9.17, 15) is 9.59 Å². The van der Waals surface area contributed by atoms with Gasteiger partial charge < -0.3 is 10.4 Å². The summed E-state index contributed by atoms with van der Waals surface area (Å²) in [5.41, 5.74) is 0. The molecule has 0 unspecified atom stereocenters. The van der Waals surface area contributed by atoms with Crippen LogP contribution in [0.25, 0.3) is 0 Å². The van der Waals surface area contributed by atoms with E-state index in [2.05, 4.69) is 10.3 Å². The van der Waals surface area contributed by atoms with Crippen molar-refractivity contribution in [2.75, 3.05) is 5.32 Å². The van der Waals surface area contributed by atoms with Crippen LogP contribution < -0.4 is 5.32 Å². The van der Waals surface area contributed by atoms with Crippen molar-refractivity contribution in [2.24, 2.45) is 11.8 Å². The average molecular weight is 281 g/mol. The highest BCUT2D eigenvalue weighted by Gasteiger charge is 2.34. The number of hydrogen-bond donors (Lipinski definition) is 2. The summed E-state index contributed by atoms with van der Waals surface area (Å²) in [6.45, 7) is 0. The molecule has 0 radical (unpaired) electrons. The molecule has 1 amide bonds. The minimum absolute atomic E-state index is 0.330. The highest BCUT2D eigenvalue weighted by molar-refractivity contribution is 6.30. The van der Waals surface area contributed by atoms with Gasteiger partial charge in [-0.15, -0.1) is 0 Å². The molecule has 100 valence electrons. The normalized spacial score (nSPS) is 21.9. The van der Waals surface area contributed by atoms with Crippen LogP contribution in [0, 0.1) is 11.8 Å². The average Bonchev–Trinajstić information content (AvgIpc) is 2.38. The van der Waals surface area contributed by atoms with Crippen LogP contribution in [0.1, 0.15) is 12.8 Å². The zero-order valence-corrected chi connectivity index (χ0v) is 10.8. The van der Waals surface area contributed by atoms with E-state index >= 15 is 0 Å². The number of carbonyl (C=O) groups is 2. The second kappa shape index (κ2) is 5.84. The Morgan fingerprint density at radius 1 is 1.32 bits per heavy atom. The van der Waals surface area contributed by atoms with Crippen LogP contribution in [0.15, 0.2) is 30.5 Å². The fourth-order valence-corrected chi connectivity index (χ4v) is 2.23. The molecular formula is C13H13ClN2O3. The number of nitrogens with one attached hydrogen (secondary N) is 1. The van der Waals surface area contributed by atoms with Crippen LogP contribution >= 0.6 is 11.6 Å². The minimum atomic E-state index is -0.955. The number of hydrogen-bond acceptors (Lipinski definition) is 3. The molecule has 0 saturated carbocycles. The first kappa shape index (κ1) is 13.5. The van der Waals surface area contributed by atoms with Gasteiger partial charge in [-0.25, -0.2) is 4.98 Å². The Balaban J connectivity index is 2.10. The molecule has 0 saturated heterocycles. The zero-order chi connectivity index (χ0) is 13.8. The molecule has 1 aliphatic carbocycles. The lowest BCUT2D eigenvalue weighted by atomic mass is 9.82. The molecule has 1 aromatic heterocycles. The number of amides is 1. The first-order valence-electron chi connectivity index (χ1n) is 5.88. The maximum atomic E-state index is 12.1. The lowest BCUT2D eigenvalue weighted by Gasteiger charge is -2.23. The number of carboxylic acid groups (broad SMARTS) is 1. The second-order valence-corrected chi connectivity index (χ2v) is 4.78. The number of rotatable bonds is 3. The first-order chi connectivity index (χ1) is 9.08. The molecule has 1 aliphatic rings. The van der Waals surface area contributed by atoms with Gasteiger partial charge in [-0.05, 0) is 25.0 Å². The predicted octanol–water partition coefficient (Wildman–Crippen LogP) is 2.34. The van der Waals surface area contributed by atoms with Crippen LogP contribution in [0.5, 0.6) is 0 Å². The second-order valence-electron chi connectivity index (χ2n) is 4.34. The van der Waals surface area contributed by atoms with Crippen molar-refractivity contribution in [3.05, 3.63) is 35.5 Å². The molecule has 1 aromatic rings. The number of carbonyl (C=O) groups excluding carboxylic acids is 1. The summed E-state index contributed by atoms with van der Waals surface area (Å²) in [5.74, 6) is -2.24. The van der Waals surface area contributed by atoms with Gasteiger partial charge in [0.2, 0.25) is 5.91 Å². The van der Waals surface area contributed by atoms with Gasteiger partial charge in [-0.1, -0.05) is 23.8 Å². The van der Waals surface area contributed by atoms with E-state index in [0.717, 1.165) is 0 Å². The van der Waals surface area contributed by atoms with Crippen molar-refractivity contribution in [2.45, 2.75) is 12.8 Å². The van der Waals surface area contributed by atoms with Gasteiger partial charge in [0.05, 0.1) is 11.8 Å². The van der Waals surface area contributed by atoms with Crippen LogP contribution in [0.3, 0.4) is 0 Å². The van der Waals surface area contributed by atoms with Gasteiger partial charge in [0, 0.05) is 11.2 Å². The van der Waals surface area contributed by atoms with Gasteiger partial charge in [0.15, 0.2) is 0 Å². The van der Waals surface area contributed by atoms with E-state index < -0.39 is 17.8 Å². The number of pyridine rings is 1. The number of halogens is 1. The quantitative estimate of drug-likeness (QED) is 0.833. The Morgan fingerprint density at radius 3 is 2.63 bits per heavy atom. The van der Waals surface area contributed by atoms with Crippen molar-refractivity contribution in [3.63, 3.8) is 0 Å². The van der Waals surface area contributed by atoms with E-state index in [1.807, 2.05) is 6.08 Å². The van der Waals surface area contributed by atoms with Gasteiger partial charge >= 0.3 is 5.97 Å². The summed E-state index contributed by atoms with van der Waals surface area (Å²) in [5, 5.41) is 12.2. The number of anilines is 1. The van der Waals surface area contributed by atoms with Gasteiger partial charge in [0.25, 0.3) is 0 Å². The largest absolute Gasteiger partial charge is 0.481 e. The van der Waals surface area contributed by atoms with E-state index in [0.29, 0.717) is 23.7 Å². The van der Waals surface area contributed by atoms with Gasteiger partial charge in [-0.3, -0.25) is 9.59 Å².